The molecule has 0 unspecified atom stereocenters. The molecule has 0 atom stereocenters. The zero-order chi connectivity index (χ0) is 12.5. The fourth-order valence-corrected chi connectivity index (χ4v) is 1.87. The average molecular weight is 238 g/mol. The number of nitrogens with zero attached hydrogens (tertiary/aromatic N) is 2. The van der Waals surface area contributed by atoms with Gasteiger partial charge in [-0.05, 0) is 12.1 Å². The van der Waals surface area contributed by atoms with Crippen LogP contribution in [0.4, 0.5) is 14.5 Å². The molecule has 1 aliphatic heterocycles. The number of benzene rings is 1. The Bertz CT molecular complexity index is 466. The molecule has 0 amide bonds. The SMILES string of the molecule is CN(CC1(C#N)COC1)c1ccc(F)cc1F. The molecular formula is C12H12F2N2O. The Balaban J connectivity index is 2.15. The molecular weight excluding hydrogens is 226 g/mol. The summed E-state index contributed by atoms with van der Waals surface area (Å²) in [5.74, 6) is -1.23. The minimum atomic E-state index is -0.624. The predicted octanol–water partition coefficient (Wildman–Crippen LogP) is 1.94. The summed E-state index contributed by atoms with van der Waals surface area (Å²) in [5, 5.41) is 9.04. The maximum Gasteiger partial charge on any atom is 0.149 e. The Hall–Kier alpha value is -1.67. The van der Waals surface area contributed by atoms with Gasteiger partial charge in [0.25, 0.3) is 0 Å². The lowest BCUT2D eigenvalue weighted by atomic mass is 9.87. The summed E-state index contributed by atoms with van der Waals surface area (Å²) in [5.41, 5.74) is -0.289. The highest BCUT2D eigenvalue weighted by molar-refractivity contribution is 5.47. The minimum Gasteiger partial charge on any atom is -0.378 e. The van der Waals surface area contributed by atoms with E-state index in [2.05, 4.69) is 6.07 Å². The third-order valence-corrected chi connectivity index (χ3v) is 2.85. The Morgan fingerprint density at radius 1 is 1.47 bits per heavy atom. The zero-order valence-electron chi connectivity index (χ0n) is 9.41. The van der Waals surface area contributed by atoms with Crippen molar-refractivity contribution < 1.29 is 13.5 Å². The lowest BCUT2D eigenvalue weighted by Crippen LogP contribution is -2.49. The van der Waals surface area contributed by atoms with Gasteiger partial charge in [-0.25, -0.2) is 8.78 Å². The maximum absolute atomic E-state index is 13.5. The summed E-state index contributed by atoms with van der Waals surface area (Å²) in [6.07, 6.45) is 0. The fraction of sp³-hybridized carbons (Fsp3) is 0.417. The van der Waals surface area contributed by atoms with Gasteiger partial charge in [0.2, 0.25) is 0 Å². The van der Waals surface area contributed by atoms with Crippen LogP contribution >= 0.6 is 0 Å². The molecule has 2 rings (SSSR count). The highest BCUT2D eigenvalue weighted by atomic mass is 19.1. The van der Waals surface area contributed by atoms with Crippen molar-refractivity contribution in [3.8, 4) is 6.07 Å². The number of rotatable bonds is 3. The van der Waals surface area contributed by atoms with Crippen LogP contribution in [0.2, 0.25) is 0 Å². The minimum absolute atomic E-state index is 0.285. The average Bonchev–Trinajstić information content (AvgIpc) is 2.23. The summed E-state index contributed by atoms with van der Waals surface area (Å²) in [4.78, 5) is 1.61. The predicted molar refractivity (Wildman–Crippen MR) is 58.5 cm³/mol. The molecule has 0 radical (unpaired) electrons. The van der Waals surface area contributed by atoms with Crippen molar-refractivity contribution >= 4 is 5.69 Å². The molecule has 90 valence electrons. The Labute approximate surface area is 98.2 Å². The number of halogens is 2. The molecule has 0 saturated carbocycles. The third-order valence-electron chi connectivity index (χ3n) is 2.85. The summed E-state index contributed by atoms with van der Waals surface area (Å²) < 4.78 is 31.3. The van der Waals surface area contributed by atoms with Crippen LogP contribution in [0.15, 0.2) is 18.2 Å². The topological polar surface area (TPSA) is 36.3 Å². The first-order valence-electron chi connectivity index (χ1n) is 5.21. The first-order valence-corrected chi connectivity index (χ1v) is 5.21. The monoisotopic (exact) mass is 238 g/mol. The molecule has 0 aliphatic carbocycles. The number of nitriles is 1. The summed E-state index contributed by atoms with van der Waals surface area (Å²) in [6, 6.07) is 5.59. The van der Waals surface area contributed by atoms with Crippen molar-refractivity contribution in [1.82, 2.24) is 0 Å². The summed E-state index contributed by atoms with van der Waals surface area (Å²) >= 11 is 0. The van der Waals surface area contributed by atoms with Crippen molar-refractivity contribution in [2.24, 2.45) is 5.41 Å². The van der Waals surface area contributed by atoms with Crippen LogP contribution in [0.3, 0.4) is 0 Å². The van der Waals surface area contributed by atoms with E-state index in [0.29, 0.717) is 19.8 Å². The number of hydrogen-bond acceptors (Lipinski definition) is 3. The second-order valence-electron chi connectivity index (χ2n) is 4.34. The van der Waals surface area contributed by atoms with Gasteiger partial charge >= 0.3 is 0 Å². The van der Waals surface area contributed by atoms with Crippen LogP contribution in [-0.2, 0) is 4.74 Å². The van der Waals surface area contributed by atoms with E-state index in [4.69, 9.17) is 10.00 Å². The Morgan fingerprint density at radius 3 is 2.65 bits per heavy atom. The lowest BCUT2D eigenvalue weighted by molar-refractivity contribution is -0.0717. The zero-order valence-corrected chi connectivity index (χ0v) is 9.41. The molecule has 1 saturated heterocycles. The molecule has 0 aromatic heterocycles. The number of anilines is 1. The van der Waals surface area contributed by atoms with E-state index in [9.17, 15) is 8.78 Å². The van der Waals surface area contributed by atoms with Crippen LogP contribution < -0.4 is 4.90 Å². The number of ether oxygens (including phenoxy) is 1. The fourth-order valence-electron chi connectivity index (χ4n) is 1.87. The van der Waals surface area contributed by atoms with E-state index < -0.39 is 17.0 Å². The van der Waals surface area contributed by atoms with E-state index >= 15 is 0 Å². The van der Waals surface area contributed by atoms with Gasteiger partial charge in [-0.3, -0.25) is 0 Å². The van der Waals surface area contributed by atoms with Crippen LogP contribution in [0.25, 0.3) is 0 Å². The van der Waals surface area contributed by atoms with Crippen molar-refractivity contribution in [3.05, 3.63) is 29.8 Å². The standard InChI is InChI=1S/C12H12F2N2O/c1-16(6-12(5-15)7-17-8-12)11-3-2-9(13)4-10(11)14/h2-4H,6-8H2,1H3. The van der Waals surface area contributed by atoms with E-state index in [-0.39, 0.29) is 5.69 Å². The van der Waals surface area contributed by atoms with Gasteiger partial charge in [-0.15, -0.1) is 0 Å². The molecule has 5 heteroatoms. The van der Waals surface area contributed by atoms with Crippen molar-refractivity contribution in [2.75, 3.05) is 31.7 Å². The molecule has 1 aromatic carbocycles. The van der Waals surface area contributed by atoms with E-state index in [1.54, 1.807) is 11.9 Å². The summed E-state index contributed by atoms with van der Waals surface area (Å²) in [7, 11) is 1.67. The Morgan fingerprint density at radius 2 is 2.18 bits per heavy atom. The quantitative estimate of drug-likeness (QED) is 0.807. The molecule has 1 aliphatic rings. The summed E-state index contributed by atoms with van der Waals surface area (Å²) in [6.45, 7) is 1.08. The van der Waals surface area contributed by atoms with E-state index in [1.807, 2.05) is 0 Å². The molecule has 0 spiro atoms. The smallest absolute Gasteiger partial charge is 0.149 e. The third kappa shape index (κ3) is 2.22. The molecule has 17 heavy (non-hydrogen) atoms. The van der Waals surface area contributed by atoms with Gasteiger partial charge in [0.15, 0.2) is 0 Å². The molecule has 3 nitrogen and oxygen atoms in total. The Kier molecular flexibility index (Phi) is 2.99. The van der Waals surface area contributed by atoms with Crippen LogP contribution in [-0.4, -0.2) is 26.8 Å². The van der Waals surface area contributed by atoms with Gasteiger partial charge in [0.05, 0.1) is 25.0 Å². The normalized spacial score (nSPS) is 17.1. The van der Waals surface area contributed by atoms with E-state index in [0.717, 1.165) is 6.07 Å². The second kappa shape index (κ2) is 4.30. The molecule has 1 heterocycles. The van der Waals surface area contributed by atoms with Gasteiger partial charge in [-0.1, -0.05) is 0 Å². The number of hydrogen-bond donors (Lipinski definition) is 0. The van der Waals surface area contributed by atoms with Crippen LogP contribution in [0.5, 0.6) is 0 Å². The van der Waals surface area contributed by atoms with Crippen molar-refractivity contribution in [3.63, 3.8) is 0 Å². The molecule has 0 N–H and O–H groups in total. The van der Waals surface area contributed by atoms with Crippen molar-refractivity contribution in [2.45, 2.75) is 0 Å². The van der Waals surface area contributed by atoms with Gasteiger partial charge < -0.3 is 9.64 Å². The molecule has 0 bridgehead atoms. The maximum atomic E-state index is 13.5. The largest absolute Gasteiger partial charge is 0.378 e. The molecule has 1 aromatic rings. The first-order chi connectivity index (χ1) is 8.06. The van der Waals surface area contributed by atoms with Crippen LogP contribution in [0, 0.1) is 28.4 Å². The highest BCUT2D eigenvalue weighted by Gasteiger charge is 2.40. The highest BCUT2D eigenvalue weighted by Crippen LogP contribution is 2.30. The van der Waals surface area contributed by atoms with Crippen molar-refractivity contribution in [1.29, 1.82) is 5.26 Å². The second-order valence-corrected chi connectivity index (χ2v) is 4.34. The van der Waals surface area contributed by atoms with Crippen LogP contribution in [0.1, 0.15) is 0 Å². The lowest BCUT2D eigenvalue weighted by Gasteiger charge is -2.38. The van der Waals surface area contributed by atoms with Gasteiger partial charge in [0.1, 0.15) is 17.0 Å². The van der Waals surface area contributed by atoms with Gasteiger partial charge in [-0.2, -0.15) is 5.26 Å². The van der Waals surface area contributed by atoms with Gasteiger partial charge in [0, 0.05) is 19.7 Å². The van der Waals surface area contributed by atoms with E-state index in [1.165, 1.54) is 12.1 Å². The molecule has 1 fully saturated rings. The first kappa shape index (κ1) is 11.8.